The third-order valence-electron chi connectivity index (χ3n) is 2.96. The van der Waals surface area contributed by atoms with Crippen molar-refractivity contribution in [1.82, 2.24) is 9.55 Å². The molecule has 2 N–H and O–H groups in total. The van der Waals surface area contributed by atoms with Gasteiger partial charge in [-0.25, -0.2) is 13.8 Å². The van der Waals surface area contributed by atoms with Gasteiger partial charge in [0.25, 0.3) is 0 Å². The Hall–Kier alpha value is -2.94. The number of rotatable bonds is 1. The Morgan fingerprint density at radius 3 is 2.65 bits per heavy atom. The highest BCUT2D eigenvalue weighted by Crippen LogP contribution is 2.25. The smallest absolute Gasteiger partial charge is 0.206 e. The molecule has 0 bridgehead atoms. The summed E-state index contributed by atoms with van der Waals surface area (Å²) in [4.78, 5) is 4.10. The highest BCUT2D eigenvalue weighted by molar-refractivity contribution is 5.82. The number of nitriles is 1. The van der Waals surface area contributed by atoms with Crippen LogP contribution >= 0.6 is 0 Å². The van der Waals surface area contributed by atoms with Gasteiger partial charge in [0.1, 0.15) is 11.6 Å². The Kier molecular flexibility index (Phi) is 2.61. The zero-order valence-corrected chi connectivity index (χ0v) is 10.1. The minimum atomic E-state index is -0.752. The largest absolute Gasteiger partial charge is 0.369 e. The lowest BCUT2D eigenvalue weighted by molar-refractivity contribution is 0.579. The number of nitrogens with zero attached hydrogens (tertiary/aromatic N) is 3. The summed E-state index contributed by atoms with van der Waals surface area (Å²) in [5.74, 6) is -1.36. The van der Waals surface area contributed by atoms with Gasteiger partial charge in [0.05, 0.1) is 28.4 Å². The van der Waals surface area contributed by atoms with E-state index in [1.807, 2.05) is 6.07 Å². The van der Waals surface area contributed by atoms with E-state index in [-0.39, 0.29) is 11.6 Å². The first-order valence-corrected chi connectivity index (χ1v) is 5.73. The molecule has 0 fully saturated rings. The Labute approximate surface area is 112 Å². The molecule has 0 aliphatic heterocycles. The van der Waals surface area contributed by atoms with Crippen molar-refractivity contribution >= 4 is 17.0 Å². The van der Waals surface area contributed by atoms with Gasteiger partial charge in [-0.1, -0.05) is 0 Å². The number of hydrogen-bond donors (Lipinski definition) is 1. The number of nitrogens with two attached hydrogens (primary N) is 1. The molecule has 0 saturated carbocycles. The molecular formula is C14H8F2N4. The molecule has 0 aliphatic rings. The third kappa shape index (κ3) is 1.77. The fraction of sp³-hybridized carbons (Fsp3) is 0. The summed E-state index contributed by atoms with van der Waals surface area (Å²) in [7, 11) is 0. The average Bonchev–Trinajstić information content (AvgIpc) is 2.74. The van der Waals surface area contributed by atoms with E-state index in [2.05, 4.69) is 4.98 Å². The molecule has 4 nitrogen and oxygen atoms in total. The Balaban J connectivity index is 2.35. The van der Waals surface area contributed by atoms with Crippen LogP contribution in [0.4, 0.5) is 14.7 Å². The molecule has 3 aromatic rings. The second kappa shape index (κ2) is 4.31. The standard InChI is InChI=1S/C14H8F2N4/c15-9-2-4-12(10(16)6-9)20-13-5-8(7-17)1-3-11(13)19-14(20)18/h1-6H,(H2,18,19). The molecule has 0 unspecified atom stereocenters. The topological polar surface area (TPSA) is 67.6 Å². The van der Waals surface area contributed by atoms with Gasteiger partial charge in [-0.05, 0) is 30.3 Å². The Morgan fingerprint density at radius 2 is 1.95 bits per heavy atom. The average molecular weight is 270 g/mol. The first-order chi connectivity index (χ1) is 9.60. The van der Waals surface area contributed by atoms with Gasteiger partial charge < -0.3 is 5.73 Å². The van der Waals surface area contributed by atoms with Crippen LogP contribution < -0.4 is 5.73 Å². The lowest BCUT2D eigenvalue weighted by Crippen LogP contribution is -2.03. The van der Waals surface area contributed by atoms with Crippen LogP contribution in [0.2, 0.25) is 0 Å². The number of fused-ring (bicyclic) bond motifs is 1. The second-order valence-electron chi connectivity index (χ2n) is 4.22. The summed E-state index contributed by atoms with van der Waals surface area (Å²) >= 11 is 0. The van der Waals surface area contributed by atoms with Crippen LogP contribution in [-0.2, 0) is 0 Å². The molecule has 0 amide bonds. The van der Waals surface area contributed by atoms with E-state index in [0.29, 0.717) is 16.6 Å². The quantitative estimate of drug-likeness (QED) is 0.739. The van der Waals surface area contributed by atoms with Crippen molar-refractivity contribution in [3.05, 3.63) is 53.6 Å². The van der Waals surface area contributed by atoms with Crippen LogP contribution in [0.5, 0.6) is 0 Å². The van der Waals surface area contributed by atoms with Gasteiger partial charge in [0, 0.05) is 6.07 Å². The fourth-order valence-corrected chi connectivity index (χ4v) is 2.08. The fourth-order valence-electron chi connectivity index (χ4n) is 2.08. The van der Waals surface area contributed by atoms with Crippen molar-refractivity contribution in [3.63, 3.8) is 0 Å². The molecule has 20 heavy (non-hydrogen) atoms. The first kappa shape index (κ1) is 12.1. The maximum atomic E-state index is 13.9. The number of halogens is 2. The number of hydrogen-bond acceptors (Lipinski definition) is 3. The molecule has 0 aliphatic carbocycles. The van der Waals surface area contributed by atoms with Crippen LogP contribution in [0.1, 0.15) is 5.56 Å². The predicted octanol–water partition coefficient (Wildman–Crippen LogP) is 2.76. The molecule has 0 spiro atoms. The van der Waals surface area contributed by atoms with Gasteiger partial charge in [-0.2, -0.15) is 5.26 Å². The molecule has 1 heterocycles. The highest BCUT2D eigenvalue weighted by Gasteiger charge is 2.14. The van der Waals surface area contributed by atoms with Crippen LogP contribution in [0.25, 0.3) is 16.7 Å². The van der Waals surface area contributed by atoms with E-state index in [0.717, 1.165) is 12.1 Å². The van der Waals surface area contributed by atoms with E-state index in [4.69, 9.17) is 11.0 Å². The van der Waals surface area contributed by atoms with Crippen molar-refractivity contribution < 1.29 is 8.78 Å². The van der Waals surface area contributed by atoms with E-state index >= 15 is 0 Å². The number of imidazole rings is 1. The van der Waals surface area contributed by atoms with Crippen molar-refractivity contribution in [2.24, 2.45) is 0 Å². The van der Waals surface area contributed by atoms with Gasteiger partial charge >= 0.3 is 0 Å². The predicted molar refractivity (Wildman–Crippen MR) is 70.1 cm³/mol. The number of nitrogen functional groups attached to an aromatic ring is 1. The molecular weight excluding hydrogens is 262 g/mol. The molecule has 3 rings (SSSR count). The van der Waals surface area contributed by atoms with Crippen LogP contribution in [0.15, 0.2) is 36.4 Å². The Bertz CT molecular complexity index is 861. The van der Waals surface area contributed by atoms with E-state index in [9.17, 15) is 8.78 Å². The zero-order chi connectivity index (χ0) is 14.3. The molecule has 0 radical (unpaired) electrons. The van der Waals surface area contributed by atoms with Gasteiger partial charge in [-0.3, -0.25) is 4.57 Å². The van der Waals surface area contributed by atoms with Crippen molar-refractivity contribution in [3.8, 4) is 11.8 Å². The summed E-state index contributed by atoms with van der Waals surface area (Å²) < 4.78 is 28.2. The summed E-state index contributed by atoms with van der Waals surface area (Å²) in [6.45, 7) is 0. The second-order valence-corrected chi connectivity index (χ2v) is 4.22. The summed E-state index contributed by atoms with van der Waals surface area (Å²) in [5.41, 5.74) is 7.31. The third-order valence-corrected chi connectivity index (χ3v) is 2.96. The molecule has 6 heteroatoms. The summed E-state index contributed by atoms with van der Waals surface area (Å²) in [6.07, 6.45) is 0. The van der Waals surface area contributed by atoms with Crippen molar-refractivity contribution in [2.45, 2.75) is 0 Å². The number of benzene rings is 2. The highest BCUT2D eigenvalue weighted by atomic mass is 19.1. The van der Waals surface area contributed by atoms with Crippen LogP contribution in [0.3, 0.4) is 0 Å². The first-order valence-electron chi connectivity index (χ1n) is 5.73. The van der Waals surface area contributed by atoms with Gasteiger partial charge in [0.2, 0.25) is 5.95 Å². The van der Waals surface area contributed by atoms with E-state index in [1.54, 1.807) is 18.2 Å². The lowest BCUT2D eigenvalue weighted by Gasteiger charge is -2.07. The minimum Gasteiger partial charge on any atom is -0.369 e. The molecule has 1 aromatic heterocycles. The maximum absolute atomic E-state index is 13.9. The number of anilines is 1. The molecule has 0 atom stereocenters. The Morgan fingerprint density at radius 1 is 1.15 bits per heavy atom. The molecule has 0 saturated heterocycles. The molecule has 2 aromatic carbocycles. The summed E-state index contributed by atoms with van der Waals surface area (Å²) in [5, 5.41) is 8.92. The molecule has 98 valence electrons. The zero-order valence-electron chi connectivity index (χ0n) is 10.1. The monoisotopic (exact) mass is 270 g/mol. The summed E-state index contributed by atoms with van der Waals surface area (Å²) in [6, 6.07) is 9.96. The minimum absolute atomic E-state index is 0.0700. The van der Waals surface area contributed by atoms with E-state index in [1.165, 1.54) is 10.6 Å². The maximum Gasteiger partial charge on any atom is 0.206 e. The van der Waals surface area contributed by atoms with Crippen molar-refractivity contribution in [2.75, 3.05) is 5.73 Å². The van der Waals surface area contributed by atoms with Crippen LogP contribution in [-0.4, -0.2) is 9.55 Å². The lowest BCUT2D eigenvalue weighted by atomic mass is 10.2. The van der Waals surface area contributed by atoms with E-state index < -0.39 is 11.6 Å². The van der Waals surface area contributed by atoms with Crippen molar-refractivity contribution in [1.29, 1.82) is 5.26 Å². The normalized spacial score (nSPS) is 10.7. The van der Waals surface area contributed by atoms with Gasteiger partial charge in [-0.15, -0.1) is 0 Å². The van der Waals surface area contributed by atoms with Gasteiger partial charge in [0.15, 0.2) is 0 Å². The number of aromatic nitrogens is 2. The SMILES string of the molecule is N#Cc1ccc2nc(N)n(-c3ccc(F)cc3F)c2c1. The van der Waals surface area contributed by atoms with Crippen LogP contribution in [0, 0.1) is 23.0 Å².